The Kier molecular flexibility index (Phi) is 6.23. The first-order valence-electron chi connectivity index (χ1n) is 10.5. The van der Waals surface area contributed by atoms with Crippen molar-refractivity contribution in [3.8, 4) is 17.6 Å². The van der Waals surface area contributed by atoms with Gasteiger partial charge in [-0.1, -0.05) is 18.2 Å². The van der Waals surface area contributed by atoms with Gasteiger partial charge in [0.05, 0.1) is 28.8 Å². The molecule has 0 aliphatic rings. The van der Waals surface area contributed by atoms with Gasteiger partial charge in [0.25, 0.3) is 10.0 Å². The van der Waals surface area contributed by atoms with Crippen molar-refractivity contribution < 1.29 is 21.9 Å². The molecule has 0 unspecified atom stereocenters. The van der Waals surface area contributed by atoms with E-state index in [0.29, 0.717) is 14.7 Å². The topological polar surface area (TPSA) is 89.9 Å². The Labute approximate surface area is 218 Å². The molecule has 0 amide bonds. The largest absolute Gasteiger partial charge is 0.454 e. The predicted molar refractivity (Wildman–Crippen MR) is 136 cm³/mol. The van der Waals surface area contributed by atoms with Crippen LogP contribution in [0.1, 0.15) is 11.1 Å². The lowest BCUT2D eigenvalue weighted by molar-refractivity contribution is 0.435. The third-order valence-corrected chi connectivity index (χ3v) is 7.75. The minimum atomic E-state index is -4.00. The highest BCUT2D eigenvalue weighted by molar-refractivity contribution is 14.1. The number of imidazole rings is 1. The second-order valence-electron chi connectivity index (χ2n) is 7.75. The maximum absolute atomic E-state index is 15.6. The molecule has 0 radical (unpaired) electrons. The van der Waals surface area contributed by atoms with Crippen LogP contribution < -0.4 is 4.74 Å². The van der Waals surface area contributed by atoms with E-state index in [1.807, 2.05) is 22.6 Å². The second kappa shape index (κ2) is 9.36. The molecule has 0 saturated carbocycles. The molecule has 5 rings (SSSR count). The summed E-state index contributed by atoms with van der Waals surface area (Å²) in [6.07, 6.45) is 4.67. The number of fused-ring (bicyclic) bond motifs is 1. The van der Waals surface area contributed by atoms with E-state index in [-0.39, 0.29) is 34.0 Å². The highest BCUT2D eigenvalue weighted by Crippen LogP contribution is 2.37. The molecular weight excluding hydrogens is 601 g/mol. The van der Waals surface area contributed by atoms with Crippen molar-refractivity contribution in [2.24, 2.45) is 0 Å². The number of rotatable bonds is 6. The van der Waals surface area contributed by atoms with Crippen molar-refractivity contribution in [3.05, 3.63) is 106 Å². The van der Waals surface area contributed by atoms with Crippen LogP contribution in [0.25, 0.3) is 10.9 Å². The van der Waals surface area contributed by atoms with Crippen molar-refractivity contribution >= 4 is 43.5 Å². The van der Waals surface area contributed by atoms with Gasteiger partial charge >= 0.3 is 0 Å². The lowest BCUT2D eigenvalue weighted by Gasteiger charge is -2.16. The molecule has 180 valence electrons. The molecule has 2 heterocycles. The molecule has 2 aromatic heterocycles. The Morgan fingerprint density at radius 2 is 1.83 bits per heavy atom. The quantitative estimate of drug-likeness (QED) is 0.230. The number of ether oxygens (including phenoxy) is 1. The first-order valence-corrected chi connectivity index (χ1v) is 13.0. The average Bonchev–Trinajstić information content (AvgIpc) is 3.48. The summed E-state index contributed by atoms with van der Waals surface area (Å²) in [5.74, 6) is -1.66. The van der Waals surface area contributed by atoms with Crippen LogP contribution in [-0.4, -0.2) is 21.9 Å². The third-order valence-electron chi connectivity index (χ3n) is 5.49. The van der Waals surface area contributed by atoms with Crippen molar-refractivity contribution in [2.75, 3.05) is 0 Å². The van der Waals surface area contributed by atoms with Gasteiger partial charge in [-0.25, -0.2) is 26.2 Å². The highest BCUT2D eigenvalue weighted by atomic mass is 127. The van der Waals surface area contributed by atoms with Crippen molar-refractivity contribution in [1.82, 2.24) is 13.5 Å². The number of aromatic nitrogens is 3. The van der Waals surface area contributed by atoms with Gasteiger partial charge in [-0.2, -0.15) is 5.26 Å². The zero-order valence-corrected chi connectivity index (χ0v) is 21.2. The van der Waals surface area contributed by atoms with Gasteiger partial charge in [-0.3, -0.25) is 0 Å². The summed E-state index contributed by atoms with van der Waals surface area (Å²) in [7, 11) is -4.00. The van der Waals surface area contributed by atoms with E-state index in [4.69, 9.17) is 10.00 Å². The molecule has 0 fully saturated rings. The number of benzene rings is 3. The number of hydrogen-bond acceptors (Lipinski definition) is 5. The van der Waals surface area contributed by atoms with Crippen LogP contribution in [0.2, 0.25) is 0 Å². The fourth-order valence-electron chi connectivity index (χ4n) is 3.83. The Morgan fingerprint density at radius 1 is 1.06 bits per heavy atom. The van der Waals surface area contributed by atoms with Crippen LogP contribution in [0.15, 0.2) is 84.3 Å². The van der Waals surface area contributed by atoms with E-state index in [1.165, 1.54) is 30.5 Å². The van der Waals surface area contributed by atoms with E-state index < -0.39 is 21.7 Å². The molecule has 0 saturated heterocycles. The minimum Gasteiger partial charge on any atom is -0.454 e. The van der Waals surface area contributed by atoms with E-state index in [0.717, 1.165) is 16.1 Å². The Morgan fingerprint density at radius 3 is 2.53 bits per heavy atom. The Hall–Kier alpha value is -3.76. The van der Waals surface area contributed by atoms with E-state index in [9.17, 15) is 12.8 Å². The number of halogens is 3. The van der Waals surface area contributed by atoms with Crippen LogP contribution >= 0.6 is 22.6 Å². The Balaban J connectivity index is 1.70. The number of hydrogen-bond donors (Lipinski definition) is 0. The summed E-state index contributed by atoms with van der Waals surface area (Å²) in [5.41, 5.74) is 0.230. The molecule has 0 bridgehead atoms. The van der Waals surface area contributed by atoms with Gasteiger partial charge in [-0.05, 0) is 52.9 Å². The van der Waals surface area contributed by atoms with Crippen molar-refractivity contribution in [2.45, 2.75) is 11.4 Å². The van der Waals surface area contributed by atoms with E-state index in [2.05, 4.69) is 4.98 Å². The normalized spacial score (nSPS) is 11.5. The molecule has 0 aliphatic carbocycles. The summed E-state index contributed by atoms with van der Waals surface area (Å²) >= 11 is 2.04. The zero-order valence-electron chi connectivity index (χ0n) is 18.3. The Bertz CT molecular complexity index is 1760. The van der Waals surface area contributed by atoms with Gasteiger partial charge < -0.3 is 9.30 Å². The van der Waals surface area contributed by atoms with Crippen LogP contribution in [0.4, 0.5) is 8.78 Å². The molecule has 0 N–H and O–H groups in total. The molecule has 5 aromatic rings. The molecule has 11 heteroatoms. The highest BCUT2D eigenvalue weighted by Gasteiger charge is 2.24. The lowest BCUT2D eigenvalue weighted by Crippen LogP contribution is -2.12. The first kappa shape index (κ1) is 24.0. The number of nitrogens with zero attached hydrogens (tertiary/aromatic N) is 4. The third kappa shape index (κ3) is 4.33. The van der Waals surface area contributed by atoms with Gasteiger partial charge in [-0.15, -0.1) is 0 Å². The molecule has 7 nitrogen and oxygen atoms in total. The van der Waals surface area contributed by atoms with Crippen LogP contribution in [0.5, 0.6) is 11.5 Å². The number of nitriles is 1. The fourth-order valence-corrected chi connectivity index (χ4v) is 5.67. The van der Waals surface area contributed by atoms with Crippen molar-refractivity contribution in [3.63, 3.8) is 0 Å². The van der Waals surface area contributed by atoms with Crippen molar-refractivity contribution in [1.29, 1.82) is 5.26 Å². The molecule has 0 spiro atoms. The predicted octanol–water partition coefficient (Wildman–Crippen LogP) is 5.67. The minimum absolute atomic E-state index is 0.0593. The zero-order chi connectivity index (χ0) is 25.4. The van der Waals surface area contributed by atoms with Gasteiger partial charge in [0, 0.05) is 35.5 Å². The average molecular weight is 616 g/mol. The molecule has 0 atom stereocenters. The second-order valence-corrected chi connectivity index (χ2v) is 10.7. The van der Waals surface area contributed by atoms with Crippen LogP contribution in [0.3, 0.4) is 0 Å². The first-order chi connectivity index (χ1) is 17.3. The standard InChI is InChI=1S/C25H15F2IN4O3S/c26-21-7-6-17(10-16(21)12-29)35-25-20(13-31-14-24(28)30-15-31)19-8-9-32(23(19)11-22(25)27)36(33,34)18-4-2-1-3-5-18/h1-11,14-15H,13H2. The maximum atomic E-state index is 15.6. The van der Waals surface area contributed by atoms with Gasteiger partial charge in [0.1, 0.15) is 21.3 Å². The molecule has 3 aromatic carbocycles. The molecular formula is C25H15F2IN4O3S. The van der Waals surface area contributed by atoms with Gasteiger partial charge in [0.15, 0.2) is 11.6 Å². The fraction of sp³-hybridized carbons (Fsp3) is 0.0400. The summed E-state index contributed by atoms with van der Waals surface area (Å²) < 4.78 is 65.2. The van der Waals surface area contributed by atoms with E-state index >= 15 is 4.39 Å². The van der Waals surface area contributed by atoms with Gasteiger partial charge in [0.2, 0.25) is 0 Å². The molecule has 36 heavy (non-hydrogen) atoms. The SMILES string of the molecule is N#Cc1cc(Oc2c(F)cc3c(ccn3S(=O)(=O)c3ccccc3)c2Cn2cnc(I)c2)ccc1F. The lowest BCUT2D eigenvalue weighted by atomic mass is 10.1. The van der Waals surface area contributed by atoms with E-state index in [1.54, 1.807) is 47.4 Å². The summed E-state index contributed by atoms with van der Waals surface area (Å²) in [5, 5.41) is 9.58. The smallest absolute Gasteiger partial charge is 0.268 e. The summed E-state index contributed by atoms with van der Waals surface area (Å²) in [6, 6.07) is 15.7. The van der Waals surface area contributed by atoms with Crippen LogP contribution in [0, 0.1) is 26.7 Å². The maximum Gasteiger partial charge on any atom is 0.268 e. The monoisotopic (exact) mass is 616 g/mol. The summed E-state index contributed by atoms with van der Waals surface area (Å²) in [4.78, 5) is 4.24. The summed E-state index contributed by atoms with van der Waals surface area (Å²) in [6.45, 7) is 0.112. The molecule has 0 aliphatic heterocycles. The van der Waals surface area contributed by atoms with Crippen LogP contribution in [-0.2, 0) is 16.6 Å².